The van der Waals surface area contributed by atoms with Crippen molar-refractivity contribution < 1.29 is 42.5 Å². The van der Waals surface area contributed by atoms with Crippen LogP contribution in [0.3, 0.4) is 0 Å². The Morgan fingerprint density at radius 3 is 2.16 bits per heavy atom. The smallest absolute Gasteiger partial charge is 0.353 e. The van der Waals surface area contributed by atoms with Crippen molar-refractivity contribution in [2.24, 2.45) is 5.73 Å². The van der Waals surface area contributed by atoms with Gasteiger partial charge in [0.05, 0.1) is 24.2 Å². The fourth-order valence-corrected chi connectivity index (χ4v) is 7.53. The van der Waals surface area contributed by atoms with Crippen molar-refractivity contribution in [1.29, 1.82) is 0 Å². The molecule has 2 fully saturated rings. The third-order valence-corrected chi connectivity index (χ3v) is 10.2. The highest BCUT2D eigenvalue weighted by Gasteiger charge is 2.56. The number of carbonyl (C=O) groups is 1. The molecule has 284 valence electrons. The van der Waals surface area contributed by atoms with Gasteiger partial charge in [-0.1, -0.05) is 84.0 Å². The molecule has 2 aliphatic heterocycles. The molecule has 0 spiro atoms. The molecule has 15 heteroatoms. The highest BCUT2D eigenvalue weighted by molar-refractivity contribution is 7.52. The molecular formula is C35H60N5O9P. The van der Waals surface area contributed by atoms with Crippen molar-refractivity contribution in [2.45, 2.75) is 148 Å². The topological polar surface area (TPSA) is 192 Å². The van der Waals surface area contributed by atoms with E-state index in [2.05, 4.69) is 16.9 Å². The Morgan fingerprint density at radius 1 is 0.920 bits per heavy atom. The minimum atomic E-state index is -4.01. The lowest BCUT2D eigenvalue weighted by Crippen LogP contribution is -2.33. The zero-order valence-corrected chi connectivity index (χ0v) is 31.4. The van der Waals surface area contributed by atoms with Gasteiger partial charge in [0.2, 0.25) is 0 Å². The lowest BCUT2D eigenvalue weighted by Gasteiger charge is -2.25. The summed E-state index contributed by atoms with van der Waals surface area (Å²) in [6.45, 7) is 8.69. The van der Waals surface area contributed by atoms with Gasteiger partial charge < -0.3 is 49.1 Å². The standard InChI is InChI=1S/C35H60N5O9P/c1-5-6-7-8-9-10-11-12-13-14-15-16-17-19-44-20-18-21-46-50(42,43)24-45-23-27-29-30(49-35(3,4)48-29)34(47-27)40-22-26(32(37)41)28-31(36)38-25(2)39-33(28)40/h22,27,29-30,34H,5-21,23-24H2,1-4H3,(H2,37,41)(H,42,43)(H2,36,38,39)/t27-,29-,30-,34-/m1/s1. The normalized spacial score (nSPS) is 22.7. The van der Waals surface area contributed by atoms with Crippen LogP contribution in [-0.4, -0.2) is 82.2 Å². The third kappa shape index (κ3) is 11.9. The molecule has 1 unspecified atom stereocenters. The molecule has 0 bridgehead atoms. The molecule has 2 aromatic rings. The first-order valence-corrected chi connectivity index (χ1v) is 20.3. The Labute approximate surface area is 296 Å². The number of aryl methyl sites for hydroxylation is 1. The number of ether oxygens (including phenoxy) is 5. The van der Waals surface area contributed by atoms with E-state index in [4.69, 9.17) is 39.7 Å². The van der Waals surface area contributed by atoms with Crippen LogP contribution in [0.4, 0.5) is 5.82 Å². The molecule has 1 amide bonds. The van der Waals surface area contributed by atoms with Gasteiger partial charge in [-0.3, -0.25) is 9.36 Å². The Kier molecular flexibility index (Phi) is 15.9. The summed E-state index contributed by atoms with van der Waals surface area (Å²) in [6.07, 6.45) is 15.9. The van der Waals surface area contributed by atoms with E-state index in [1.165, 1.54) is 76.8 Å². The van der Waals surface area contributed by atoms with Gasteiger partial charge in [0, 0.05) is 19.4 Å². The maximum absolute atomic E-state index is 12.6. The van der Waals surface area contributed by atoms with Crippen molar-refractivity contribution in [3.05, 3.63) is 17.6 Å². The van der Waals surface area contributed by atoms with Crippen molar-refractivity contribution in [2.75, 3.05) is 38.5 Å². The quantitative estimate of drug-likeness (QED) is 0.0743. The van der Waals surface area contributed by atoms with Gasteiger partial charge in [-0.05, 0) is 33.6 Å². The van der Waals surface area contributed by atoms with Gasteiger partial charge >= 0.3 is 7.60 Å². The van der Waals surface area contributed by atoms with Crippen molar-refractivity contribution in [3.63, 3.8) is 0 Å². The molecule has 14 nitrogen and oxygen atoms in total. The Morgan fingerprint density at radius 2 is 1.52 bits per heavy atom. The highest BCUT2D eigenvalue weighted by Crippen LogP contribution is 2.46. The molecule has 2 aliphatic rings. The SMILES string of the molecule is CCCCCCCCCCCCCCCOCCCOP(=O)(O)COC[C@H]1O[C@@H](n2cc(C(N)=O)c3c(N)nc(C)nc32)[C@@H]2OC(C)(C)O[C@@H]21. The number of carbonyl (C=O) groups excluding carboxylic acids is 1. The van der Waals surface area contributed by atoms with Crippen LogP contribution in [0.15, 0.2) is 6.20 Å². The number of hydrogen-bond donors (Lipinski definition) is 3. The number of nitrogens with two attached hydrogens (primary N) is 2. The van der Waals surface area contributed by atoms with Gasteiger partial charge in [-0.15, -0.1) is 0 Å². The summed E-state index contributed by atoms with van der Waals surface area (Å²) in [5.41, 5.74) is 12.3. The number of hydrogen-bond acceptors (Lipinski definition) is 11. The van der Waals surface area contributed by atoms with E-state index in [1.807, 2.05) is 0 Å². The molecule has 0 radical (unpaired) electrons. The first-order valence-electron chi connectivity index (χ1n) is 18.5. The summed E-state index contributed by atoms with van der Waals surface area (Å²) in [5.74, 6) is -1.09. The minimum Gasteiger partial charge on any atom is -0.383 e. The Bertz CT molecular complexity index is 1410. The second-order valence-corrected chi connectivity index (χ2v) is 15.8. The van der Waals surface area contributed by atoms with E-state index in [1.54, 1.807) is 25.3 Å². The third-order valence-electron chi connectivity index (χ3n) is 9.13. The van der Waals surface area contributed by atoms with E-state index in [-0.39, 0.29) is 24.6 Å². The maximum atomic E-state index is 12.6. The Hall–Kier alpha value is -2.16. The van der Waals surface area contributed by atoms with Gasteiger partial charge in [-0.2, -0.15) is 0 Å². The van der Waals surface area contributed by atoms with Gasteiger partial charge in [0.25, 0.3) is 5.91 Å². The summed E-state index contributed by atoms with van der Waals surface area (Å²) in [6, 6.07) is 0. The fraction of sp³-hybridized carbons (Fsp3) is 0.800. The van der Waals surface area contributed by atoms with Crippen LogP contribution in [0.5, 0.6) is 0 Å². The number of aromatic nitrogens is 3. The predicted octanol–water partition coefficient (Wildman–Crippen LogP) is 6.51. The van der Waals surface area contributed by atoms with Crippen molar-refractivity contribution in [1.82, 2.24) is 14.5 Å². The van der Waals surface area contributed by atoms with E-state index in [9.17, 15) is 14.3 Å². The molecule has 0 aliphatic carbocycles. The molecule has 2 saturated heterocycles. The van der Waals surface area contributed by atoms with E-state index in [0.717, 1.165) is 12.8 Å². The zero-order valence-electron chi connectivity index (χ0n) is 30.5. The molecule has 2 aromatic heterocycles. The van der Waals surface area contributed by atoms with E-state index in [0.29, 0.717) is 36.5 Å². The monoisotopic (exact) mass is 725 g/mol. The average Bonchev–Trinajstić information content (AvgIpc) is 3.69. The lowest BCUT2D eigenvalue weighted by atomic mass is 10.0. The van der Waals surface area contributed by atoms with Crippen LogP contribution >= 0.6 is 7.60 Å². The number of primary amides is 1. The minimum absolute atomic E-state index is 0.0642. The summed E-state index contributed by atoms with van der Waals surface area (Å²) < 4.78 is 49.5. The largest absolute Gasteiger partial charge is 0.383 e. The fourth-order valence-electron chi connectivity index (χ4n) is 6.70. The van der Waals surface area contributed by atoms with Crippen LogP contribution in [0.2, 0.25) is 0 Å². The van der Waals surface area contributed by atoms with Gasteiger partial charge in [-0.25, -0.2) is 9.97 Å². The van der Waals surface area contributed by atoms with Crippen LogP contribution in [-0.2, 0) is 32.8 Å². The first kappa shape index (κ1) is 40.6. The highest BCUT2D eigenvalue weighted by atomic mass is 31.2. The summed E-state index contributed by atoms with van der Waals surface area (Å²) in [5, 5.41) is 0.324. The number of rotatable bonds is 25. The second-order valence-electron chi connectivity index (χ2n) is 14.0. The van der Waals surface area contributed by atoms with Gasteiger partial charge in [0.15, 0.2) is 12.0 Å². The molecule has 5 N–H and O–H groups in total. The number of nitrogen functional groups attached to an aromatic ring is 1. The maximum Gasteiger partial charge on any atom is 0.353 e. The average molecular weight is 726 g/mol. The van der Waals surface area contributed by atoms with Crippen LogP contribution in [0.25, 0.3) is 11.0 Å². The number of unbranched alkanes of at least 4 members (excludes halogenated alkanes) is 12. The number of anilines is 1. The predicted molar refractivity (Wildman–Crippen MR) is 191 cm³/mol. The molecule has 50 heavy (non-hydrogen) atoms. The summed E-state index contributed by atoms with van der Waals surface area (Å²) in [7, 11) is -4.01. The summed E-state index contributed by atoms with van der Waals surface area (Å²) >= 11 is 0. The first-order chi connectivity index (χ1) is 23.9. The molecule has 4 rings (SSSR count). The zero-order chi connectivity index (χ0) is 36.1. The van der Waals surface area contributed by atoms with Crippen LogP contribution in [0, 0.1) is 6.92 Å². The van der Waals surface area contributed by atoms with Crippen LogP contribution < -0.4 is 11.5 Å². The number of amides is 1. The second kappa shape index (κ2) is 19.6. The van der Waals surface area contributed by atoms with E-state index < -0.39 is 50.2 Å². The molecule has 5 atom stereocenters. The van der Waals surface area contributed by atoms with Crippen LogP contribution in [0.1, 0.15) is 133 Å². The van der Waals surface area contributed by atoms with Crippen molar-refractivity contribution in [3.8, 4) is 0 Å². The molecule has 0 saturated carbocycles. The lowest BCUT2D eigenvalue weighted by molar-refractivity contribution is -0.201. The van der Waals surface area contributed by atoms with E-state index >= 15 is 0 Å². The number of nitrogens with zero attached hydrogens (tertiary/aromatic N) is 3. The van der Waals surface area contributed by atoms with Crippen molar-refractivity contribution >= 4 is 30.4 Å². The Balaban J connectivity index is 1.12. The summed E-state index contributed by atoms with van der Waals surface area (Å²) in [4.78, 5) is 31.3. The number of fused-ring (bicyclic) bond motifs is 2. The molecular weight excluding hydrogens is 665 g/mol. The molecule has 0 aromatic carbocycles. The van der Waals surface area contributed by atoms with Gasteiger partial charge in [0.1, 0.15) is 41.9 Å². The molecule has 4 heterocycles.